The van der Waals surface area contributed by atoms with Gasteiger partial charge in [-0.15, -0.1) is 11.3 Å². The van der Waals surface area contributed by atoms with Gasteiger partial charge in [-0.05, 0) is 62.5 Å². The molecule has 1 saturated heterocycles. The summed E-state index contributed by atoms with van der Waals surface area (Å²) in [6.07, 6.45) is 2.67. The van der Waals surface area contributed by atoms with Crippen molar-refractivity contribution < 1.29 is 17.6 Å². The molecule has 10 heteroatoms. The average Bonchev–Trinajstić information content (AvgIpc) is 3.53. The van der Waals surface area contributed by atoms with Crippen molar-refractivity contribution in [2.24, 2.45) is 4.99 Å². The number of thiazole rings is 1. The van der Waals surface area contributed by atoms with Crippen LogP contribution in [0.25, 0.3) is 11.5 Å². The molecule has 1 aromatic carbocycles. The molecular weight excluding hydrogens is 472 g/mol. The van der Waals surface area contributed by atoms with Gasteiger partial charge in [0.05, 0.1) is 35.8 Å². The second-order valence-electron chi connectivity index (χ2n) is 8.04. The van der Waals surface area contributed by atoms with Crippen molar-refractivity contribution in [1.29, 1.82) is 0 Å². The van der Waals surface area contributed by atoms with Crippen molar-refractivity contribution in [2.45, 2.75) is 31.7 Å². The van der Waals surface area contributed by atoms with Crippen LogP contribution in [0.5, 0.6) is 0 Å². The molecule has 8 nitrogen and oxygen atoms in total. The predicted octanol–water partition coefficient (Wildman–Crippen LogP) is 3.79. The number of morpholine rings is 1. The number of hydrogen-bond acceptors (Lipinski definition) is 7. The van der Waals surface area contributed by atoms with Crippen molar-refractivity contribution >= 4 is 27.0 Å². The van der Waals surface area contributed by atoms with E-state index >= 15 is 0 Å². The van der Waals surface area contributed by atoms with Crippen molar-refractivity contribution in [2.75, 3.05) is 45.9 Å². The molecule has 0 radical (unpaired) electrons. The van der Waals surface area contributed by atoms with Crippen molar-refractivity contribution in [1.82, 2.24) is 13.8 Å². The summed E-state index contributed by atoms with van der Waals surface area (Å²) in [7, 11) is -3.52. The molecule has 2 aromatic heterocycles. The second-order valence-corrected chi connectivity index (χ2v) is 10.8. The standard InChI is InChI=1S/C24H32N4O4S2/c1-3-26(4-2)12-6-13-28-22(23-7-5-16-32-23)19-33-24(28)25-20-8-10-21(11-9-20)34(29,30)27-14-17-31-18-15-27/h5,7-11,16,19H,3-4,6,12-15,17-18H2,1-2H3. The molecule has 3 aromatic rings. The van der Waals surface area contributed by atoms with E-state index in [2.05, 4.69) is 28.7 Å². The SMILES string of the molecule is CCN(CC)CCCn1c(-c2ccco2)csc1=Nc1ccc(S(=O)(=O)N2CCOCC2)cc1. The van der Waals surface area contributed by atoms with Crippen LogP contribution < -0.4 is 4.80 Å². The van der Waals surface area contributed by atoms with Gasteiger partial charge in [0.1, 0.15) is 0 Å². The van der Waals surface area contributed by atoms with E-state index in [1.807, 2.05) is 12.1 Å². The fraction of sp³-hybridized carbons (Fsp3) is 0.458. The maximum atomic E-state index is 12.9. The van der Waals surface area contributed by atoms with E-state index < -0.39 is 10.0 Å². The topological polar surface area (TPSA) is 80.3 Å². The molecule has 0 bridgehead atoms. The van der Waals surface area contributed by atoms with Gasteiger partial charge in [-0.3, -0.25) is 0 Å². The number of nitrogens with zero attached hydrogens (tertiary/aromatic N) is 4. The third-order valence-electron chi connectivity index (χ3n) is 5.99. The zero-order valence-corrected chi connectivity index (χ0v) is 21.4. The summed E-state index contributed by atoms with van der Waals surface area (Å²) in [4.78, 5) is 8.39. The Morgan fingerprint density at radius 2 is 1.82 bits per heavy atom. The van der Waals surface area contributed by atoms with E-state index in [0.717, 1.165) is 48.9 Å². The Hall–Kier alpha value is -2.24. The summed E-state index contributed by atoms with van der Waals surface area (Å²) in [6, 6.07) is 10.6. The molecule has 0 atom stereocenters. The number of aromatic nitrogens is 1. The van der Waals surface area contributed by atoms with E-state index in [0.29, 0.717) is 32.0 Å². The molecule has 0 amide bonds. The largest absolute Gasteiger partial charge is 0.463 e. The molecule has 0 N–H and O–H groups in total. The minimum atomic E-state index is -3.52. The lowest BCUT2D eigenvalue weighted by Gasteiger charge is -2.26. The molecule has 0 saturated carbocycles. The average molecular weight is 505 g/mol. The van der Waals surface area contributed by atoms with Gasteiger partial charge in [0, 0.05) is 25.0 Å². The highest BCUT2D eigenvalue weighted by molar-refractivity contribution is 7.89. The summed E-state index contributed by atoms with van der Waals surface area (Å²) >= 11 is 1.55. The smallest absolute Gasteiger partial charge is 0.243 e. The molecule has 3 heterocycles. The fourth-order valence-corrected chi connectivity index (χ4v) is 6.33. The minimum absolute atomic E-state index is 0.280. The van der Waals surface area contributed by atoms with Crippen LogP contribution in [-0.4, -0.2) is 68.1 Å². The van der Waals surface area contributed by atoms with Gasteiger partial charge in [0.2, 0.25) is 10.0 Å². The fourth-order valence-electron chi connectivity index (χ4n) is 3.99. The van der Waals surface area contributed by atoms with E-state index in [9.17, 15) is 8.42 Å². The highest BCUT2D eigenvalue weighted by atomic mass is 32.2. The van der Waals surface area contributed by atoms with Crippen LogP contribution in [0.3, 0.4) is 0 Å². The van der Waals surface area contributed by atoms with Crippen LogP contribution in [0.4, 0.5) is 5.69 Å². The molecule has 0 spiro atoms. The minimum Gasteiger partial charge on any atom is -0.463 e. The second kappa shape index (κ2) is 11.5. The van der Waals surface area contributed by atoms with Gasteiger partial charge in [0.15, 0.2) is 10.6 Å². The zero-order valence-electron chi connectivity index (χ0n) is 19.7. The maximum Gasteiger partial charge on any atom is 0.243 e. The summed E-state index contributed by atoms with van der Waals surface area (Å²) < 4.78 is 40.4. The number of hydrogen-bond donors (Lipinski definition) is 0. The molecule has 0 unspecified atom stereocenters. The van der Waals surface area contributed by atoms with E-state index in [1.54, 1.807) is 41.9 Å². The quantitative estimate of drug-likeness (QED) is 0.420. The van der Waals surface area contributed by atoms with Crippen LogP contribution >= 0.6 is 11.3 Å². The number of rotatable bonds is 10. The Bertz CT molecular complexity index is 1200. The van der Waals surface area contributed by atoms with Gasteiger partial charge in [-0.25, -0.2) is 13.4 Å². The van der Waals surface area contributed by atoms with Crippen LogP contribution in [-0.2, 0) is 21.3 Å². The molecule has 0 aliphatic carbocycles. The lowest BCUT2D eigenvalue weighted by molar-refractivity contribution is 0.0730. The molecule has 1 fully saturated rings. The summed E-state index contributed by atoms with van der Waals surface area (Å²) in [5.41, 5.74) is 1.71. The highest BCUT2D eigenvalue weighted by Gasteiger charge is 2.26. The first-order valence-corrected chi connectivity index (χ1v) is 14.0. The van der Waals surface area contributed by atoms with Gasteiger partial charge < -0.3 is 18.6 Å². The van der Waals surface area contributed by atoms with Crippen LogP contribution in [0, 0.1) is 0 Å². The van der Waals surface area contributed by atoms with Crippen LogP contribution in [0.15, 0.2) is 62.3 Å². The first-order valence-electron chi connectivity index (χ1n) is 11.7. The Balaban J connectivity index is 1.59. The summed E-state index contributed by atoms with van der Waals surface area (Å²) in [6.45, 7) is 9.88. The first kappa shape index (κ1) is 24.9. The van der Waals surface area contributed by atoms with Crippen molar-refractivity contribution in [3.8, 4) is 11.5 Å². The maximum absolute atomic E-state index is 12.9. The molecule has 4 rings (SSSR count). The Labute approximate surface area is 205 Å². The third-order valence-corrected chi connectivity index (χ3v) is 8.77. The number of ether oxygens (including phenoxy) is 1. The number of sulfonamides is 1. The van der Waals surface area contributed by atoms with E-state index in [4.69, 9.17) is 14.1 Å². The lowest BCUT2D eigenvalue weighted by Crippen LogP contribution is -2.40. The number of benzene rings is 1. The monoisotopic (exact) mass is 504 g/mol. The molecule has 34 heavy (non-hydrogen) atoms. The van der Waals surface area contributed by atoms with Crippen LogP contribution in [0.2, 0.25) is 0 Å². The first-order chi connectivity index (χ1) is 16.5. The van der Waals surface area contributed by atoms with Gasteiger partial charge in [0.25, 0.3) is 0 Å². The van der Waals surface area contributed by atoms with Gasteiger partial charge >= 0.3 is 0 Å². The highest BCUT2D eigenvalue weighted by Crippen LogP contribution is 2.23. The Kier molecular flexibility index (Phi) is 8.38. The Morgan fingerprint density at radius 3 is 2.47 bits per heavy atom. The summed E-state index contributed by atoms with van der Waals surface area (Å²) in [5.74, 6) is 0.812. The van der Waals surface area contributed by atoms with Crippen molar-refractivity contribution in [3.05, 3.63) is 52.8 Å². The molecule has 1 aliphatic heterocycles. The molecule has 184 valence electrons. The van der Waals surface area contributed by atoms with E-state index in [1.165, 1.54) is 4.31 Å². The van der Waals surface area contributed by atoms with Gasteiger partial charge in [-0.1, -0.05) is 13.8 Å². The molecule has 1 aliphatic rings. The van der Waals surface area contributed by atoms with Crippen molar-refractivity contribution in [3.63, 3.8) is 0 Å². The Morgan fingerprint density at radius 1 is 1.09 bits per heavy atom. The predicted molar refractivity (Wildman–Crippen MR) is 134 cm³/mol. The number of furan rings is 1. The van der Waals surface area contributed by atoms with E-state index in [-0.39, 0.29) is 4.90 Å². The molecular formula is C24H32N4O4S2. The third kappa shape index (κ3) is 5.69. The van der Waals surface area contributed by atoms with Crippen LogP contribution in [0.1, 0.15) is 20.3 Å². The normalized spacial score (nSPS) is 15.9. The zero-order chi connectivity index (χ0) is 24.0. The lowest BCUT2D eigenvalue weighted by atomic mass is 10.3. The van der Waals surface area contributed by atoms with Gasteiger partial charge in [-0.2, -0.15) is 4.31 Å². The summed E-state index contributed by atoms with van der Waals surface area (Å²) in [5, 5.41) is 2.06.